The molecule has 0 saturated heterocycles. The third kappa shape index (κ3) is 4.22. The summed E-state index contributed by atoms with van der Waals surface area (Å²) in [4.78, 5) is 16.6. The Balaban J connectivity index is 1.73. The van der Waals surface area contributed by atoms with Crippen LogP contribution in [0.1, 0.15) is 5.56 Å². The molecular formula is C14H14N2OS. The Bertz CT molecular complexity index is 442. The number of amides is 1. The van der Waals surface area contributed by atoms with Gasteiger partial charge >= 0.3 is 0 Å². The molecule has 0 radical (unpaired) electrons. The van der Waals surface area contributed by atoms with Crippen LogP contribution >= 0.6 is 11.8 Å². The molecular weight excluding hydrogens is 244 g/mol. The fourth-order valence-electron chi connectivity index (χ4n) is 1.43. The zero-order chi connectivity index (χ0) is 12.6. The zero-order valence-electron chi connectivity index (χ0n) is 9.87. The average Bonchev–Trinajstić information content (AvgIpc) is 2.45. The molecule has 0 aliphatic heterocycles. The van der Waals surface area contributed by atoms with Gasteiger partial charge in [0.05, 0.1) is 5.75 Å². The van der Waals surface area contributed by atoms with Crippen LogP contribution in [-0.2, 0) is 11.3 Å². The van der Waals surface area contributed by atoms with Crippen molar-refractivity contribution in [2.45, 2.75) is 11.4 Å². The van der Waals surface area contributed by atoms with Crippen LogP contribution in [-0.4, -0.2) is 16.6 Å². The number of hydrogen-bond acceptors (Lipinski definition) is 3. The number of pyridine rings is 1. The molecule has 1 N–H and O–H groups in total. The molecule has 0 unspecified atom stereocenters. The lowest BCUT2D eigenvalue weighted by atomic mass is 10.2. The second-order valence-electron chi connectivity index (χ2n) is 3.73. The molecule has 1 aromatic heterocycles. The van der Waals surface area contributed by atoms with Gasteiger partial charge in [0.25, 0.3) is 0 Å². The first kappa shape index (κ1) is 12.6. The van der Waals surface area contributed by atoms with Gasteiger partial charge in [-0.15, -0.1) is 11.8 Å². The molecule has 4 heteroatoms. The van der Waals surface area contributed by atoms with Crippen LogP contribution in [0.3, 0.4) is 0 Å². The number of thioether (sulfide) groups is 1. The van der Waals surface area contributed by atoms with Gasteiger partial charge in [0.2, 0.25) is 5.91 Å². The Hall–Kier alpha value is -1.81. The lowest BCUT2D eigenvalue weighted by Gasteiger charge is -2.05. The molecule has 0 spiro atoms. The third-order valence-electron chi connectivity index (χ3n) is 2.35. The van der Waals surface area contributed by atoms with Gasteiger partial charge in [0, 0.05) is 23.8 Å². The summed E-state index contributed by atoms with van der Waals surface area (Å²) in [5, 5.41) is 2.89. The van der Waals surface area contributed by atoms with Gasteiger partial charge in [-0.2, -0.15) is 0 Å². The summed E-state index contributed by atoms with van der Waals surface area (Å²) in [6.07, 6.45) is 3.45. The van der Waals surface area contributed by atoms with Crippen molar-refractivity contribution in [3.05, 3.63) is 60.4 Å². The van der Waals surface area contributed by atoms with E-state index < -0.39 is 0 Å². The van der Waals surface area contributed by atoms with Gasteiger partial charge in [0.15, 0.2) is 0 Å². The topological polar surface area (TPSA) is 42.0 Å². The first-order valence-electron chi connectivity index (χ1n) is 5.68. The molecule has 1 amide bonds. The Labute approximate surface area is 111 Å². The van der Waals surface area contributed by atoms with Gasteiger partial charge in [0.1, 0.15) is 0 Å². The Kier molecular flexibility index (Phi) is 4.78. The van der Waals surface area contributed by atoms with Crippen LogP contribution in [0.5, 0.6) is 0 Å². The largest absolute Gasteiger partial charge is 0.351 e. The number of nitrogens with one attached hydrogen (secondary N) is 1. The molecule has 2 rings (SSSR count). The van der Waals surface area contributed by atoms with Crippen LogP contribution in [0.2, 0.25) is 0 Å². The first-order valence-corrected chi connectivity index (χ1v) is 6.66. The standard InChI is InChI=1S/C14H14N2OS/c17-14(11-18-13-6-8-15-9-7-13)16-10-12-4-2-1-3-5-12/h1-9H,10-11H2,(H,16,17). The van der Waals surface area contributed by atoms with Crippen molar-refractivity contribution in [2.75, 3.05) is 5.75 Å². The van der Waals surface area contributed by atoms with E-state index in [1.807, 2.05) is 42.5 Å². The van der Waals surface area contributed by atoms with E-state index >= 15 is 0 Å². The van der Waals surface area contributed by atoms with Crippen molar-refractivity contribution >= 4 is 17.7 Å². The summed E-state index contributed by atoms with van der Waals surface area (Å²) in [5.74, 6) is 0.470. The van der Waals surface area contributed by atoms with E-state index in [2.05, 4.69) is 10.3 Å². The van der Waals surface area contributed by atoms with Crippen LogP contribution < -0.4 is 5.32 Å². The monoisotopic (exact) mass is 258 g/mol. The van der Waals surface area contributed by atoms with Crippen molar-refractivity contribution in [3.63, 3.8) is 0 Å². The number of aromatic nitrogens is 1. The lowest BCUT2D eigenvalue weighted by Crippen LogP contribution is -2.24. The summed E-state index contributed by atoms with van der Waals surface area (Å²) in [6, 6.07) is 13.7. The molecule has 0 saturated carbocycles. The minimum Gasteiger partial charge on any atom is -0.351 e. The van der Waals surface area contributed by atoms with E-state index in [-0.39, 0.29) is 5.91 Å². The smallest absolute Gasteiger partial charge is 0.230 e. The normalized spacial score (nSPS) is 10.0. The van der Waals surface area contributed by atoms with E-state index in [0.717, 1.165) is 10.5 Å². The highest BCUT2D eigenvalue weighted by atomic mass is 32.2. The zero-order valence-corrected chi connectivity index (χ0v) is 10.7. The minimum absolute atomic E-state index is 0.0423. The van der Waals surface area contributed by atoms with E-state index in [0.29, 0.717) is 12.3 Å². The molecule has 1 aromatic carbocycles. The maximum absolute atomic E-state index is 11.6. The van der Waals surface area contributed by atoms with E-state index in [1.54, 1.807) is 12.4 Å². The molecule has 0 aliphatic carbocycles. The van der Waals surface area contributed by atoms with E-state index in [9.17, 15) is 4.79 Å². The van der Waals surface area contributed by atoms with Gasteiger partial charge in [-0.05, 0) is 17.7 Å². The highest BCUT2D eigenvalue weighted by Crippen LogP contribution is 2.15. The molecule has 0 atom stereocenters. The molecule has 1 heterocycles. The summed E-state index contributed by atoms with van der Waals surface area (Å²) in [5.41, 5.74) is 1.11. The molecule has 0 aliphatic rings. The number of rotatable bonds is 5. The summed E-state index contributed by atoms with van der Waals surface area (Å²) in [7, 11) is 0. The summed E-state index contributed by atoms with van der Waals surface area (Å²) >= 11 is 1.51. The molecule has 0 bridgehead atoms. The van der Waals surface area contributed by atoms with Gasteiger partial charge in [-0.25, -0.2) is 0 Å². The summed E-state index contributed by atoms with van der Waals surface area (Å²) < 4.78 is 0. The second kappa shape index (κ2) is 6.81. The van der Waals surface area contributed by atoms with Gasteiger partial charge in [-0.1, -0.05) is 30.3 Å². The van der Waals surface area contributed by atoms with Crippen LogP contribution in [0.4, 0.5) is 0 Å². The number of hydrogen-bond donors (Lipinski definition) is 1. The molecule has 92 valence electrons. The highest BCUT2D eigenvalue weighted by molar-refractivity contribution is 8.00. The quantitative estimate of drug-likeness (QED) is 0.838. The molecule has 3 nitrogen and oxygen atoms in total. The fraction of sp³-hybridized carbons (Fsp3) is 0.143. The first-order chi connectivity index (χ1) is 8.84. The van der Waals surface area contributed by atoms with Gasteiger partial charge in [-0.3, -0.25) is 9.78 Å². The van der Waals surface area contributed by atoms with Crippen molar-refractivity contribution < 1.29 is 4.79 Å². The minimum atomic E-state index is 0.0423. The predicted octanol–water partition coefficient (Wildman–Crippen LogP) is 2.49. The highest BCUT2D eigenvalue weighted by Gasteiger charge is 2.02. The number of benzene rings is 1. The number of carbonyl (C=O) groups excluding carboxylic acids is 1. The Morgan fingerprint density at radius 2 is 1.83 bits per heavy atom. The van der Waals surface area contributed by atoms with Crippen molar-refractivity contribution in [1.82, 2.24) is 10.3 Å². The molecule has 18 heavy (non-hydrogen) atoms. The maximum Gasteiger partial charge on any atom is 0.230 e. The number of carbonyl (C=O) groups is 1. The lowest BCUT2D eigenvalue weighted by molar-refractivity contribution is -0.118. The van der Waals surface area contributed by atoms with E-state index in [4.69, 9.17) is 0 Å². The Morgan fingerprint density at radius 1 is 1.11 bits per heavy atom. The third-order valence-corrected chi connectivity index (χ3v) is 3.36. The second-order valence-corrected chi connectivity index (χ2v) is 4.78. The SMILES string of the molecule is O=C(CSc1ccncc1)NCc1ccccc1. The predicted molar refractivity (Wildman–Crippen MR) is 73.2 cm³/mol. The Morgan fingerprint density at radius 3 is 2.56 bits per heavy atom. The van der Waals surface area contributed by atoms with Crippen LogP contribution in [0, 0.1) is 0 Å². The van der Waals surface area contributed by atoms with Crippen LogP contribution in [0.15, 0.2) is 59.8 Å². The average molecular weight is 258 g/mol. The van der Waals surface area contributed by atoms with Crippen molar-refractivity contribution in [2.24, 2.45) is 0 Å². The van der Waals surface area contributed by atoms with Gasteiger partial charge < -0.3 is 5.32 Å². The number of nitrogens with zero attached hydrogens (tertiary/aromatic N) is 1. The fourth-order valence-corrected chi connectivity index (χ4v) is 2.14. The molecule has 2 aromatic rings. The van der Waals surface area contributed by atoms with E-state index in [1.165, 1.54) is 11.8 Å². The van der Waals surface area contributed by atoms with Crippen molar-refractivity contribution in [3.8, 4) is 0 Å². The van der Waals surface area contributed by atoms with Crippen LogP contribution in [0.25, 0.3) is 0 Å². The summed E-state index contributed by atoms with van der Waals surface area (Å²) in [6.45, 7) is 0.580. The van der Waals surface area contributed by atoms with Crippen molar-refractivity contribution in [1.29, 1.82) is 0 Å². The maximum atomic E-state index is 11.6. The molecule has 0 fully saturated rings.